The molecule has 2 saturated heterocycles. The molecular formula is C19H26N2O2. The lowest BCUT2D eigenvalue weighted by atomic mass is 9.62. The Morgan fingerprint density at radius 3 is 2.65 bits per heavy atom. The van der Waals surface area contributed by atoms with Crippen LogP contribution in [0.5, 0.6) is 0 Å². The number of hydrogen-bond donors (Lipinski definition) is 1. The van der Waals surface area contributed by atoms with Gasteiger partial charge in [0.05, 0.1) is 5.54 Å². The highest BCUT2D eigenvalue weighted by Crippen LogP contribution is 2.53. The molecule has 0 radical (unpaired) electrons. The summed E-state index contributed by atoms with van der Waals surface area (Å²) in [4.78, 5) is 15.0. The van der Waals surface area contributed by atoms with Crippen LogP contribution in [0.4, 0.5) is 4.79 Å². The molecule has 0 aromatic heterocycles. The summed E-state index contributed by atoms with van der Waals surface area (Å²) in [6.07, 6.45) is 6.72. The topological polar surface area (TPSA) is 41.6 Å². The standard InChI is InChI=1S/C19H26N2O2/c22-18(20-17-9-12-23-13-10-17)21-14-16-8-4-5-11-19(16,21)15-6-2-1-3-7-15/h1-3,6-7,16-17H,4-5,8-14H2,(H,20,22). The monoisotopic (exact) mass is 314 g/mol. The normalized spacial score (nSPS) is 31.1. The molecule has 1 aromatic rings. The zero-order valence-corrected chi connectivity index (χ0v) is 13.7. The molecule has 2 atom stereocenters. The van der Waals surface area contributed by atoms with Gasteiger partial charge >= 0.3 is 6.03 Å². The maximum atomic E-state index is 12.9. The molecule has 4 nitrogen and oxygen atoms in total. The van der Waals surface area contributed by atoms with E-state index in [1.54, 1.807) is 0 Å². The van der Waals surface area contributed by atoms with Crippen LogP contribution in [0.25, 0.3) is 0 Å². The Morgan fingerprint density at radius 2 is 1.91 bits per heavy atom. The summed E-state index contributed by atoms with van der Waals surface area (Å²) in [5.41, 5.74) is 1.26. The van der Waals surface area contributed by atoms with Crippen molar-refractivity contribution in [3.8, 4) is 0 Å². The minimum atomic E-state index is -0.0608. The van der Waals surface area contributed by atoms with Gasteiger partial charge in [-0.2, -0.15) is 0 Å². The van der Waals surface area contributed by atoms with E-state index >= 15 is 0 Å². The average molecular weight is 314 g/mol. The van der Waals surface area contributed by atoms with Gasteiger partial charge in [-0.15, -0.1) is 0 Å². The van der Waals surface area contributed by atoms with Gasteiger partial charge < -0.3 is 15.0 Å². The molecule has 0 spiro atoms. The summed E-state index contributed by atoms with van der Waals surface area (Å²) >= 11 is 0. The molecule has 3 aliphatic rings. The number of hydrogen-bond acceptors (Lipinski definition) is 2. The van der Waals surface area contributed by atoms with Gasteiger partial charge in [0, 0.05) is 31.7 Å². The number of ether oxygens (including phenoxy) is 1. The van der Waals surface area contributed by atoms with Crippen molar-refractivity contribution in [2.24, 2.45) is 5.92 Å². The van der Waals surface area contributed by atoms with Gasteiger partial charge in [-0.3, -0.25) is 0 Å². The van der Waals surface area contributed by atoms with Gasteiger partial charge in [0.1, 0.15) is 0 Å². The molecule has 4 rings (SSSR count). The van der Waals surface area contributed by atoms with Crippen molar-refractivity contribution in [2.45, 2.75) is 50.1 Å². The highest BCUT2D eigenvalue weighted by molar-refractivity contribution is 5.77. The molecule has 23 heavy (non-hydrogen) atoms. The Morgan fingerprint density at radius 1 is 1.13 bits per heavy atom. The van der Waals surface area contributed by atoms with Crippen LogP contribution < -0.4 is 5.32 Å². The first kappa shape index (κ1) is 15.0. The molecule has 124 valence electrons. The van der Waals surface area contributed by atoms with E-state index in [1.165, 1.54) is 24.8 Å². The average Bonchev–Trinajstić information content (AvgIpc) is 2.58. The van der Waals surface area contributed by atoms with Crippen molar-refractivity contribution in [1.82, 2.24) is 10.2 Å². The molecule has 4 heteroatoms. The summed E-state index contributed by atoms with van der Waals surface area (Å²) in [6, 6.07) is 11.1. The van der Waals surface area contributed by atoms with E-state index in [-0.39, 0.29) is 17.6 Å². The highest BCUT2D eigenvalue weighted by atomic mass is 16.5. The Labute approximate surface area is 138 Å². The van der Waals surface area contributed by atoms with Crippen LogP contribution in [0, 0.1) is 5.92 Å². The Kier molecular flexibility index (Phi) is 4.02. The van der Waals surface area contributed by atoms with Crippen LogP contribution in [-0.2, 0) is 10.3 Å². The molecule has 1 N–H and O–H groups in total. The Bertz CT molecular complexity index is 556. The first-order valence-electron chi connectivity index (χ1n) is 9.02. The van der Waals surface area contributed by atoms with Crippen LogP contribution in [0.1, 0.15) is 44.1 Å². The summed E-state index contributed by atoms with van der Waals surface area (Å²) in [5.74, 6) is 0.624. The van der Waals surface area contributed by atoms with E-state index in [2.05, 4.69) is 40.5 Å². The van der Waals surface area contributed by atoms with Crippen molar-refractivity contribution in [3.63, 3.8) is 0 Å². The number of carbonyl (C=O) groups excluding carboxylic acids is 1. The molecule has 2 heterocycles. The molecule has 2 unspecified atom stereocenters. The lowest BCUT2D eigenvalue weighted by Gasteiger charge is -2.61. The summed E-state index contributed by atoms with van der Waals surface area (Å²) in [6.45, 7) is 2.43. The van der Waals surface area contributed by atoms with Gasteiger partial charge in [0.25, 0.3) is 0 Å². The van der Waals surface area contributed by atoms with E-state index in [4.69, 9.17) is 4.74 Å². The Balaban J connectivity index is 1.54. The lowest BCUT2D eigenvalue weighted by molar-refractivity contribution is -0.0805. The molecule has 2 amide bonds. The number of nitrogens with zero attached hydrogens (tertiary/aromatic N) is 1. The third-order valence-corrected chi connectivity index (χ3v) is 5.99. The van der Waals surface area contributed by atoms with Gasteiger partial charge in [0.15, 0.2) is 0 Å². The third kappa shape index (κ3) is 2.53. The smallest absolute Gasteiger partial charge is 0.318 e. The number of carbonyl (C=O) groups is 1. The second-order valence-electron chi connectivity index (χ2n) is 7.18. The predicted molar refractivity (Wildman–Crippen MR) is 89.2 cm³/mol. The first-order valence-corrected chi connectivity index (χ1v) is 9.02. The number of nitrogens with one attached hydrogen (secondary N) is 1. The summed E-state index contributed by atoms with van der Waals surface area (Å²) in [7, 11) is 0. The SMILES string of the molecule is O=C(NC1CCOCC1)N1CC2CCCCC21c1ccccc1. The fraction of sp³-hybridized carbons (Fsp3) is 0.632. The molecule has 0 bridgehead atoms. The quantitative estimate of drug-likeness (QED) is 0.910. The second-order valence-corrected chi connectivity index (χ2v) is 7.18. The van der Waals surface area contributed by atoms with E-state index < -0.39 is 0 Å². The van der Waals surface area contributed by atoms with Crippen LogP contribution in [-0.4, -0.2) is 36.7 Å². The largest absolute Gasteiger partial charge is 0.381 e. The van der Waals surface area contributed by atoms with E-state index in [1.807, 2.05) is 0 Å². The minimum Gasteiger partial charge on any atom is -0.381 e. The molecule has 1 aromatic carbocycles. The molecular weight excluding hydrogens is 288 g/mol. The minimum absolute atomic E-state index is 0.0608. The molecule has 1 aliphatic carbocycles. The maximum absolute atomic E-state index is 12.9. The van der Waals surface area contributed by atoms with Crippen molar-refractivity contribution in [1.29, 1.82) is 0 Å². The third-order valence-electron chi connectivity index (χ3n) is 5.99. The molecule has 1 saturated carbocycles. The second kappa shape index (κ2) is 6.16. The van der Waals surface area contributed by atoms with Crippen molar-refractivity contribution >= 4 is 6.03 Å². The zero-order chi connectivity index (χ0) is 15.7. The van der Waals surface area contributed by atoms with E-state index in [0.29, 0.717) is 5.92 Å². The van der Waals surface area contributed by atoms with Gasteiger partial charge in [-0.25, -0.2) is 4.79 Å². The highest BCUT2D eigenvalue weighted by Gasteiger charge is 2.57. The molecule has 2 aliphatic heterocycles. The van der Waals surface area contributed by atoms with Gasteiger partial charge in [-0.1, -0.05) is 43.2 Å². The van der Waals surface area contributed by atoms with E-state index in [0.717, 1.165) is 39.0 Å². The fourth-order valence-electron chi connectivity index (χ4n) is 4.72. The van der Waals surface area contributed by atoms with Crippen LogP contribution in [0.15, 0.2) is 30.3 Å². The summed E-state index contributed by atoms with van der Waals surface area (Å²) < 4.78 is 5.39. The van der Waals surface area contributed by atoms with Crippen molar-refractivity contribution in [3.05, 3.63) is 35.9 Å². The zero-order valence-electron chi connectivity index (χ0n) is 13.7. The number of urea groups is 1. The molecule has 3 fully saturated rings. The predicted octanol–water partition coefficient (Wildman–Crippen LogP) is 3.28. The van der Waals surface area contributed by atoms with Crippen LogP contribution >= 0.6 is 0 Å². The number of amides is 2. The van der Waals surface area contributed by atoms with Crippen molar-refractivity contribution in [2.75, 3.05) is 19.8 Å². The first-order chi connectivity index (χ1) is 11.3. The lowest BCUT2D eigenvalue weighted by Crippen LogP contribution is -2.69. The number of likely N-dealkylation sites (tertiary alicyclic amines) is 1. The fourth-order valence-corrected chi connectivity index (χ4v) is 4.72. The maximum Gasteiger partial charge on any atom is 0.318 e. The Hall–Kier alpha value is -1.55. The van der Waals surface area contributed by atoms with Crippen molar-refractivity contribution < 1.29 is 9.53 Å². The van der Waals surface area contributed by atoms with Crippen LogP contribution in [0.2, 0.25) is 0 Å². The van der Waals surface area contributed by atoms with Gasteiger partial charge in [0.2, 0.25) is 0 Å². The van der Waals surface area contributed by atoms with E-state index in [9.17, 15) is 4.79 Å². The van der Waals surface area contributed by atoms with Crippen LogP contribution in [0.3, 0.4) is 0 Å². The summed E-state index contributed by atoms with van der Waals surface area (Å²) in [5, 5.41) is 3.26. The number of rotatable bonds is 2. The number of benzene rings is 1. The number of fused-ring (bicyclic) bond motifs is 1. The van der Waals surface area contributed by atoms with Gasteiger partial charge in [-0.05, 0) is 31.2 Å².